The molecule has 1 saturated heterocycles. The number of ether oxygens (including phenoxy) is 2. The van der Waals surface area contributed by atoms with Crippen molar-refractivity contribution < 1.29 is 23.5 Å². The Labute approximate surface area is 211 Å². The summed E-state index contributed by atoms with van der Waals surface area (Å²) in [5.41, 5.74) is 2.11. The molecule has 7 nitrogen and oxygen atoms in total. The molecular weight excluding hydrogens is 481 g/mol. The maximum absolute atomic E-state index is 13.9. The van der Waals surface area contributed by atoms with Gasteiger partial charge in [-0.15, -0.1) is 0 Å². The molecule has 1 aliphatic rings. The zero-order valence-corrected chi connectivity index (χ0v) is 20.6. The monoisotopic (exact) mass is 505 g/mol. The first-order valence-electron chi connectivity index (χ1n) is 11.4. The molecule has 9 heteroatoms. The Kier molecular flexibility index (Phi) is 6.56. The topological polar surface area (TPSA) is 72.0 Å². The quantitative estimate of drug-likeness (QED) is 0.352. The second-order valence-corrected chi connectivity index (χ2v) is 9.41. The van der Waals surface area contributed by atoms with Crippen LogP contribution in [-0.4, -0.2) is 37.6 Å². The fourth-order valence-corrected chi connectivity index (χ4v) is 5.44. The molecule has 1 unspecified atom stereocenters. The Balaban J connectivity index is 1.51. The maximum Gasteiger partial charge on any atom is 0.234 e. The average molecular weight is 506 g/mol. The standard InChI is InChI=1S/C27H24FN3O4S/c1-34-21-12-13-22(35-2)25-24(21)29-27(36-25)31(15-17-6-4-3-5-7-17)26(33)18-14-23(32)30(16-18)20-10-8-19(28)9-11-20/h3-13,18H,14-16H2,1-2H3. The van der Waals surface area contributed by atoms with E-state index in [0.717, 1.165) is 10.3 Å². The number of hydrogen-bond donors (Lipinski definition) is 0. The summed E-state index contributed by atoms with van der Waals surface area (Å²) in [7, 11) is 3.16. The fourth-order valence-electron chi connectivity index (χ4n) is 4.36. The Morgan fingerprint density at radius 2 is 1.75 bits per heavy atom. The minimum absolute atomic E-state index is 0.0685. The molecule has 36 heavy (non-hydrogen) atoms. The summed E-state index contributed by atoms with van der Waals surface area (Å²) in [5.74, 6) is -0.101. The molecule has 0 N–H and O–H groups in total. The molecule has 0 bridgehead atoms. The van der Waals surface area contributed by atoms with Crippen molar-refractivity contribution in [1.29, 1.82) is 0 Å². The van der Waals surface area contributed by atoms with Gasteiger partial charge in [-0.05, 0) is 42.0 Å². The summed E-state index contributed by atoms with van der Waals surface area (Å²) in [6, 6.07) is 18.9. The Bertz CT molecular complexity index is 1370. The molecule has 1 atom stereocenters. The molecule has 2 heterocycles. The molecule has 1 aliphatic heterocycles. The normalized spacial score (nSPS) is 15.4. The van der Waals surface area contributed by atoms with Gasteiger partial charge in [0, 0.05) is 18.7 Å². The van der Waals surface area contributed by atoms with Gasteiger partial charge in [-0.2, -0.15) is 0 Å². The summed E-state index contributed by atoms with van der Waals surface area (Å²) in [6.07, 6.45) is 0.0685. The van der Waals surface area contributed by atoms with E-state index < -0.39 is 5.92 Å². The van der Waals surface area contributed by atoms with E-state index in [9.17, 15) is 14.0 Å². The molecule has 2 amide bonds. The van der Waals surface area contributed by atoms with Crippen LogP contribution in [0.2, 0.25) is 0 Å². The van der Waals surface area contributed by atoms with Crippen molar-refractivity contribution in [2.24, 2.45) is 5.92 Å². The van der Waals surface area contributed by atoms with Gasteiger partial charge < -0.3 is 14.4 Å². The average Bonchev–Trinajstić information content (AvgIpc) is 3.52. The lowest BCUT2D eigenvalue weighted by molar-refractivity contribution is -0.124. The van der Waals surface area contributed by atoms with Crippen molar-refractivity contribution in [3.8, 4) is 11.5 Å². The number of benzene rings is 3. The number of thiazole rings is 1. The van der Waals surface area contributed by atoms with Crippen LogP contribution >= 0.6 is 11.3 Å². The van der Waals surface area contributed by atoms with Crippen LogP contribution in [0.25, 0.3) is 10.2 Å². The molecule has 1 fully saturated rings. The highest BCUT2D eigenvalue weighted by Crippen LogP contribution is 2.41. The van der Waals surface area contributed by atoms with Gasteiger partial charge in [0.05, 0.1) is 26.7 Å². The predicted octanol–water partition coefficient (Wildman–Crippen LogP) is 5.04. The number of hydrogen-bond acceptors (Lipinski definition) is 6. The van der Waals surface area contributed by atoms with E-state index in [4.69, 9.17) is 14.5 Å². The van der Waals surface area contributed by atoms with Crippen LogP contribution in [0.15, 0.2) is 66.7 Å². The first-order chi connectivity index (χ1) is 17.5. The van der Waals surface area contributed by atoms with Crippen LogP contribution in [0.5, 0.6) is 11.5 Å². The minimum atomic E-state index is -0.568. The predicted molar refractivity (Wildman–Crippen MR) is 137 cm³/mol. The van der Waals surface area contributed by atoms with Crippen molar-refractivity contribution >= 4 is 44.2 Å². The molecule has 4 aromatic rings. The van der Waals surface area contributed by atoms with Gasteiger partial charge in [0.2, 0.25) is 11.8 Å². The zero-order chi connectivity index (χ0) is 25.2. The minimum Gasteiger partial charge on any atom is -0.495 e. The number of methoxy groups -OCH3 is 2. The van der Waals surface area contributed by atoms with Crippen LogP contribution in [0.3, 0.4) is 0 Å². The number of amides is 2. The molecule has 1 aromatic heterocycles. The summed E-state index contributed by atoms with van der Waals surface area (Å²) in [6.45, 7) is 0.511. The van der Waals surface area contributed by atoms with Crippen molar-refractivity contribution in [3.63, 3.8) is 0 Å². The van der Waals surface area contributed by atoms with Crippen LogP contribution in [0, 0.1) is 11.7 Å². The number of halogens is 1. The highest BCUT2D eigenvalue weighted by molar-refractivity contribution is 7.22. The van der Waals surface area contributed by atoms with Crippen LogP contribution in [-0.2, 0) is 16.1 Å². The maximum atomic E-state index is 13.9. The Morgan fingerprint density at radius 1 is 1.06 bits per heavy atom. The molecule has 0 radical (unpaired) electrons. The van der Waals surface area contributed by atoms with Crippen molar-refractivity contribution in [2.45, 2.75) is 13.0 Å². The van der Waals surface area contributed by atoms with Crippen LogP contribution in [0.4, 0.5) is 15.2 Å². The number of aromatic nitrogens is 1. The van der Waals surface area contributed by atoms with E-state index in [1.54, 1.807) is 37.3 Å². The number of rotatable bonds is 7. The molecule has 0 spiro atoms. The highest BCUT2D eigenvalue weighted by atomic mass is 32.1. The number of fused-ring (bicyclic) bond motifs is 1. The lowest BCUT2D eigenvalue weighted by Gasteiger charge is -2.23. The van der Waals surface area contributed by atoms with Crippen molar-refractivity contribution in [3.05, 3.63) is 78.1 Å². The number of anilines is 2. The first-order valence-corrected chi connectivity index (χ1v) is 12.2. The SMILES string of the molecule is COc1ccc(OC)c2sc(N(Cc3ccccc3)C(=O)C3CC(=O)N(c4ccc(F)cc4)C3)nc12. The zero-order valence-electron chi connectivity index (χ0n) is 19.8. The van der Waals surface area contributed by atoms with E-state index in [1.807, 2.05) is 36.4 Å². The van der Waals surface area contributed by atoms with E-state index >= 15 is 0 Å². The molecule has 0 aliphatic carbocycles. The van der Waals surface area contributed by atoms with E-state index in [0.29, 0.717) is 34.4 Å². The van der Waals surface area contributed by atoms with E-state index in [2.05, 4.69) is 0 Å². The van der Waals surface area contributed by atoms with E-state index in [-0.39, 0.29) is 30.6 Å². The summed E-state index contributed by atoms with van der Waals surface area (Å²) < 4.78 is 25.2. The van der Waals surface area contributed by atoms with Crippen LogP contribution < -0.4 is 19.3 Å². The first kappa shape index (κ1) is 23.7. The highest BCUT2D eigenvalue weighted by Gasteiger charge is 2.38. The Hall–Kier alpha value is -3.98. The lowest BCUT2D eigenvalue weighted by atomic mass is 10.1. The molecule has 184 valence electrons. The summed E-state index contributed by atoms with van der Waals surface area (Å²) in [4.78, 5) is 34.6. The van der Waals surface area contributed by atoms with Gasteiger partial charge >= 0.3 is 0 Å². The molecule has 5 rings (SSSR count). The van der Waals surface area contributed by atoms with Gasteiger partial charge in [-0.3, -0.25) is 14.5 Å². The largest absolute Gasteiger partial charge is 0.495 e. The fraction of sp³-hybridized carbons (Fsp3) is 0.222. The van der Waals surface area contributed by atoms with Crippen LogP contribution in [0.1, 0.15) is 12.0 Å². The third kappa shape index (κ3) is 4.49. The molecule has 0 saturated carbocycles. The van der Waals surface area contributed by atoms with Gasteiger partial charge in [0.15, 0.2) is 5.13 Å². The lowest BCUT2D eigenvalue weighted by Crippen LogP contribution is -2.37. The van der Waals surface area contributed by atoms with Gasteiger partial charge in [0.1, 0.15) is 27.5 Å². The number of carbonyl (C=O) groups is 2. The second kappa shape index (κ2) is 9.94. The van der Waals surface area contributed by atoms with Gasteiger partial charge in [-0.1, -0.05) is 41.7 Å². The van der Waals surface area contributed by atoms with Crippen molar-refractivity contribution in [1.82, 2.24) is 4.98 Å². The smallest absolute Gasteiger partial charge is 0.234 e. The Morgan fingerprint density at radius 3 is 2.44 bits per heavy atom. The summed E-state index contributed by atoms with van der Waals surface area (Å²) in [5, 5.41) is 0.495. The number of nitrogens with zero attached hydrogens (tertiary/aromatic N) is 3. The second-order valence-electron chi connectivity index (χ2n) is 8.44. The van der Waals surface area contributed by atoms with Gasteiger partial charge in [0.25, 0.3) is 0 Å². The third-order valence-corrected chi connectivity index (χ3v) is 7.28. The number of carbonyl (C=O) groups excluding carboxylic acids is 2. The van der Waals surface area contributed by atoms with E-state index in [1.165, 1.54) is 28.4 Å². The third-order valence-electron chi connectivity index (χ3n) is 6.19. The van der Waals surface area contributed by atoms with Gasteiger partial charge in [-0.25, -0.2) is 9.37 Å². The van der Waals surface area contributed by atoms with Crippen molar-refractivity contribution in [2.75, 3.05) is 30.6 Å². The molecular formula is C27H24FN3O4S. The molecule has 3 aromatic carbocycles. The summed E-state index contributed by atoms with van der Waals surface area (Å²) >= 11 is 1.34.